The van der Waals surface area contributed by atoms with Gasteiger partial charge in [0.05, 0.1) is 0 Å². The summed E-state index contributed by atoms with van der Waals surface area (Å²) < 4.78 is 2.13. The number of aromatic nitrogens is 2. The summed E-state index contributed by atoms with van der Waals surface area (Å²) in [4.78, 5) is 7.55. The fourth-order valence-electron chi connectivity index (χ4n) is 2.58. The maximum atomic E-state index is 4.55. The Balaban J connectivity index is 1.92. The van der Waals surface area contributed by atoms with Crippen LogP contribution in [-0.4, -0.2) is 21.8 Å². The molecule has 3 rings (SSSR count). The third-order valence-corrected chi connectivity index (χ3v) is 5.96. The SMILES string of the molecule is CCCNC(c1cc2c(s1)CCSC2)c1nccn1C. The summed E-state index contributed by atoms with van der Waals surface area (Å²) in [6.07, 6.45) is 6.28. The Morgan fingerprint density at radius 3 is 3.10 bits per heavy atom. The summed E-state index contributed by atoms with van der Waals surface area (Å²) in [5, 5.41) is 3.66. The van der Waals surface area contributed by atoms with Crippen molar-refractivity contribution in [2.45, 2.75) is 31.6 Å². The van der Waals surface area contributed by atoms with Crippen LogP contribution >= 0.6 is 23.1 Å². The molecule has 0 saturated carbocycles. The minimum atomic E-state index is 0.232. The molecule has 1 unspecified atom stereocenters. The predicted molar refractivity (Wildman–Crippen MR) is 87.5 cm³/mol. The first kappa shape index (κ1) is 14.2. The third-order valence-electron chi connectivity index (χ3n) is 3.65. The van der Waals surface area contributed by atoms with Gasteiger partial charge in [-0.25, -0.2) is 4.98 Å². The van der Waals surface area contributed by atoms with E-state index < -0.39 is 0 Å². The largest absolute Gasteiger partial charge is 0.336 e. The van der Waals surface area contributed by atoms with E-state index in [4.69, 9.17) is 0 Å². The van der Waals surface area contributed by atoms with Gasteiger partial charge in [-0.05, 0) is 36.8 Å². The lowest BCUT2D eigenvalue weighted by Gasteiger charge is -2.16. The van der Waals surface area contributed by atoms with Crippen molar-refractivity contribution in [1.82, 2.24) is 14.9 Å². The van der Waals surface area contributed by atoms with Crippen molar-refractivity contribution >= 4 is 23.1 Å². The van der Waals surface area contributed by atoms with E-state index in [9.17, 15) is 0 Å². The number of nitrogens with one attached hydrogen (secondary N) is 1. The first-order valence-corrected chi connectivity index (χ1v) is 9.16. The van der Waals surface area contributed by atoms with Crippen LogP contribution in [0.3, 0.4) is 0 Å². The van der Waals surface area contributed by atoms with Gasteiger partial charge < -0.3 is 9.88 Å². The predicted octanol–water partition coefficient (Wildman–Crippen LogP) is 3.36. The van der Waals surface area contributed by atoms with Gasteiger partial charge in [0.2, 0.25) is 0 Å². The quantitative estimate of drug-likeness (QED) is 0.918. The molecule has 3 nitrogen and oxygen atoms in total. The molecule has 1 aliphatic heterocycles. The summed E-state index contributed by atoms with van der Waals surface area (Å²) >= 11 is 4.02. The van der Waals surface area contributed by atoms with Crippen molar-refractivity contribution < 1.29 is 0 Å². The minimum Gasteiger partial charge on any atom is -0.336 e. The Hall–Kier alpha value is -0.780. The fraction of sp³-hybridized carbons (Fsp3) is 0.533. The number of aryl methyl sites for hydroxylation is 2. The van der Waals surface area contributed by atoms with E-state index in [2.05, 4.69) is 34.9 Å². The Morgan fingerprint density at radius 1 is 1.50 bits per heavy atom. The summed E-state index contributed by atoms with van der Waals surface area (Å²) in [6.45, 7) is 3.23. The highest BCUT2D eigenvalue weighted by atomic mass is 32.2. The number of hydrogen-bond acceptors (Lipinski definition) is 4. The standard InChI is InChI=1S/C15H21N3S2/c1-3-5-16-14(15-17-6-7-18(15)2)13-9-11-10-19-8-4-12(11)20-13/h6-7,9,14,16H,3-5,8,10H2,1-2H3. The van der Waals surface area contributed by atoms with E-state index >= 15 is 0 Å². The second-order valence-corrected chi connectivity index (χ2v) is 7.46. The number of rotatable bonds is 5. The molecular weight excluding hydrogens is 286 g/mol. The van der Waals surface area contributed by atoms with Gasteiger partial charge in [-0.15, -0.1) is 11.3 Å². The summed E-state index contributed by atoms with van der Waals surface area (Å²) in [6, 6.07) is 2.63. The molecular formula is C15H21N3S2. The molecule has 1 aliphatic rings. The molecule has 0 bridgehead atoms. The van der Waals surface area contributed by atoms with Crippen LogP contribution in [0, 0.1) is 0 Å². The molecule has 0 aliphatic carbocycles. The zero-order chi connectivity index (χ0) is 13.9. The van der Waals surface area contributed by atoms with Crippen molar-refractivity contribution in [1.29, 1.82) is 0 Å². The third kappa shape index (κ3) is 2.80. The maximum absolute atomic E-state index is 4.55. The number of fused-ring (bicyclic) bond motifs is 1. The molecule has 0 saturated heterocycles. The van der Waals surface area contributed by atoms with Crippen molar-refractivity contribution in [3.8, 4) is 0 Å². The van der Waals surface area contributed by atoms with Crippen molar-refractivity contribution in [2.75, 3.05) is 12.3 Å². The topological polar surface area (TPSA) is 29.9 Å². The van der Waals surface area contributed by atoms with E-state index in [0.717, 1.165) is 18.8 Å². The summed E-state index contributed by atoms with van der Waals surface area (Å²) in [5.41, 5.74) is 1.54. The summed E-state index contributed by atoms with van der Waals surface area (Å²) in [5.74, 6) is 3.56. The van der Waals surface area contributed by atoms with E-state index in [-0.39, 0.29) is 6.04 Å². The first-order chi connectivity index (χ1) is 9.79. The zero-order valence-electron chi connectivity index (χ0n) is 12.1. The van der Waals surface area contributed by atoms with Crippen LogP contribution in [0.15, 0.2) is 18.5 Å². The molecule has 20 heavy (non-hydrogen) atoms. The van der Waals surface area contributed by atoms with Crippen molar-refractivity contribution in [2.24, 2.45) is 7.05 Å². The van der Waals surface area contributed by atoms with Crippen molar-refractivity contribution in [3.05, 3.63) is 39.6 Å². The zero-order valence-corrected chi connectivity index (χ0v) is 13.7. The fourth-order valence-corrected chi connectivity index (χ4v) is 5.03. The number of imidazole rings is 1. The van der Waals surface area contributed by atoms with Gasteiger partial charge in [-0.2, -0.15) is 11.8 Å². The average molecular weight is 307 g/mol. The number of thioether (sulfide) groups is 1. The molecule has 0 radical (unpaired) electrons. The lowest BCUT2D eigenvalue weighted by Crippen LogP contribution is -2.25. The molecule has 0 spiro atoms. The van der Waals surface area contributed by atoms with Gasteiger partial charge in [0, 0.05) is 34.9 Å². The molecule has 1 atom stereocenters. The second kappa shape index (κ2) is 6.33. The molecule has 2 aromatic heterocycles. The van der Waals surface area contributed by atoms with E-state index in [1.807, 2.05) is 35.5 Å². The average Bonchev–Trinajstić information content (AvgIpc) is 3.06. The number of hydrogen-bond donors (Lipinski definition) is 1. The van der Waals surface area contributed by atoms with E-state index in [1.54, 1.807) is 10.4 Å². The highest BCUT2D eigenvalue weighted by Crippen LogP contribution is 2.36. The van der Waals surface area contributed by atoms with Gasteiger partial charge in [0.15, 0.2) is 0 Å². The Bertz CT molecular complexity index is 550. The van der Waals surface area contributed by atoms with Crippen LogP contribution in [-0.2, 0) is 19.2 Å². The van der Waals surface area contributed by atoms with Crippen LogP contribution in [0.25, 0.3) is 0 Å². The highest BCUT2D eigenvalue weighted by molar-refractivity contribution is 7.98. The Morgan fingerprint density at radius 2 is 2.40 bits per heavy atom. The van der Waals surface area contributed by atoms with Gasteiger partial charge in [0.1, 0.15) is 11.9 Å². The molecule has 1 N–H and O–H groups in total. The van der Waals surface area contributed by atoms with Crippen LogP contribution in [0.1, 0.15) is 40.5 Å². The van der Waals surface area contributed by atoms with Crippen LogP contribution in [0.4, 0.5) is 0 Å². The molecule has 0 aromatic carbocycles. The highest BCUT2D eigenvalue weighted by Gasteiger charge is 2.22. The number of nitrogens with zero attached hydrogens (tertiary/aromatic N) is 2. The van der Waals surface area contributed by atoms with Crippen LogP contribution < -0.4 is 5.32 Å². The Kier molecular flexibility index (Phi) is 4.48. The summed E-state index contributed by atoms with van der Waals surface area (Å²) in [7, 11) is 2.08. The molecule has 5 heteroatoms. The molecule has 108 valence electrons. The van der Waals surface area contributed by atoms with Crippen LogP contribution in [0.2, 0.25) is 0 Å². The lowest BCUT2D eigenvalue weighted by molar-refractivity contribution is 0.562. The lowest BCUT2D eigenvalue weighted by atomic mass is 10.1. The Labute approximate surface area is 128 Å². The normalized spacial score (nSPS) is 16.1. The molecule has 2 aromatic rings. The molecule has 0 amide bonds. The van der Waals surface area contributed by atoms with E-state index in [1.165, 1.54) is 22.8 Å². The monoisotopic (exact) mass is 307 g/mol. The molecule has 3 heterocycles. The van der Waals surface area contributed by atoms with Gasteiger partial charge in [0.25, 0.3) is 0 Å². The second-order valence-electron chi connectivity index (χ2n) is 5.18. The number of thiophene rings is 1. The van der Waals surface area contributed by atoms with Crippen molar-refractivity contribution in [3.63, 3.8) is 0 Å². The van der Waals surface area contributed by atoms with Crippen LogP contribution in [0.5, 0.6) is 0 Å². The van der Waals surface area contributed by atoms with E-state index in [0.29, 0.717) is 0 Å². The molecule has 0 fully saturated rings. The smallest absolute Gasteiger partial charge is 0.131 e. The first-order valence-electron chi connectivity index (χ1n) is 7.19. The van der Waals surface area contributed by atoms with Gasteiger partial charge in [-0.3, -0.25) is 0 Å². The van der Waals surface area contributed by atoms with Gasteiger partial charge in [-0.1, -0.05) is 6.92 Å². The minimum absolute atomic E-state index is 0.232. The maximum Gasteiger partial charge on any atom is 0.131 e. The van der Waals surface area contributed by atoms with Gasteiger partial charge >= 0.3 is 0 Å².